The molecule has 7 nitrogen and oxygen atoms in total. The van der Waals surface area contributed by atoms with Gasteiger partial charge in [0.05, 0.1) is 11.0 Å². The average molecular weight is 391 g/mol. The van der Waals surface area contributed by atoms with Gasteiger partial charge in [0.15, 0.2) is 0 Å². The van der Waals surface area contributed by atoms with Crippen LogP contribution < -0.4 is 11.1 Å². The fraction of sp³-hybridized carbons (Fsp3) is 0.316. The molecule has 0 aliphatic heterocycles. The molecule has 0 unspecified atom stereocenters. The Bertz CT molecular complexity index is 824. The zero-order valence-corrected chi connectivity index (χ0v) is 16.1. The van der Waals surface area contributed by atoms with Gasteiger partial charge in [0.1, 0.15) is 5.69 Å². The molecule has 2 aromatic carbocycles. The molecule has 0 radical (unpaired) electrons. The summed E-state index contributed by atoms with van der Waals surface area (Å²) in [5.41, 5.74) is 6.40. The predicted octanol–water partition coefficient (Wildman–Crippen LogP) is 3.84. The molecule has 0 spiro atoms. The third-order valence-electron chi connectivity index (χ3n) is 4.48. The summed E-state index contributed by atoms with van der Waals surface area (Å²) in [4.78, 5) is 24.4. The number of nitro benzene ring substituents is 1. The number of benzene rings is 2. The van der Waals surface area contributed by atoms with E-state index >= 15 is 0 Å². The molecule has 0 aromatic heterocycles. The van der Waals surface area contributed by atoms with E-state index in [1.807, 2.05) is 24.3 Å². The van der Waals surface area contributed by atoms with Gasteiger partial charge in [-0.3, -0.25) is 19.8 Å². The van der Waals surface area contributed by atoms with Crippen LogP contribution in [-0.2, 0) is 0 Å². The monoisotopic (exact) mass is 390 g/mol. The topological polar surface area (TPSA) is 102 Å². The van der Waals surface area contributed by atoms with Crippen molar-refractivity contribution >= 4 is 28.9 Å². The number of nitrogens with zero attached hydrogens (tertiary/aromatic N) is 2. The number of halogens is 1. The van der Waals surface area contributed by atoms with E-state index in [0.717, 1.165) is 18.7 Å². The van der Waals surface area contributed by atoms with E-state index in [1.165, 1.54) is 18.2 Å². The SMILES string of the molecule is CCN(CC)[C@H](CNc1ccc(C(N)=O)cc1[N+](=O)[O-])c1ccccc1Cl. The number of anilines is 1. The Balaban J connectivity index is 2.33. The largest absolute Gasteiger partial charge is 0.378 e. The second kappa shape index (κ2) is 9.34. The molecule has 8 heteroatoms. The second-order valence-electron chi connectivity index (χ2n) is 5.99. The first-order chi connectivity index (χ1) is 12.9. The van der Waals surface area contributed by atoms with Crippen LogP contribution in [0, 0.1) is 10.1 Å². The molecular formula is C19H23ClN4O3. The average Bonchev–Trinajstić information content (AvgIpc) is 2.65. The first-order valence-corrected chi connectivity index (χ1v) is 9.07. The van der Waals surface area contributed by atoms with Crippen molar-refractivity contribution < 1.29 is 9.72 Å². The normalized spacial score (nSPS) is 12.0. The molecule has 3 N–H and O–H groups in total. The van der Waals surface area contributed by atoms with Crippen LogP contribution in [-0.4, -0.2) is 35.4 Å². The molecule has 1 amide bonds. The summed E-state index contributed by atoms with van der Waals surface area (Å²) in [5, 5.41) is 15.2. The lowest BCUT2D eigenvalue weighted by molar-refractivity contribution is -0.384. The zero-order valence-electron chi connectivity index (χ0n) is 15.3. The van der Waals surface area contributed by atoms with Crippen LogP contribution in [0.4, 0.5) is 11.4 Å². The molecule has 0 aliphatic carbocycles. The van der Waals surface area contributed by atoms with Crippen molar-refractivity contribution in [3.8, 4) is 0 Å². The van der Waals surface area contributed by atoms with Crippen molar-refractivity contribution in [1.29, 1.82) is 0 Å². The summed E-state index contributed by atoms with van der Waals surface area (Å²) in [7, 11) is 0. The Morgan fingerprint density at radius 3 is 2.48 bits per heavy atom. The van der Waals surface area contributed by atoms with Crippen LogP contribution in [0.3, 0.4) is 0 Å². The molecule has 1 atom stereocenters. The predicted molar refractivity (Wildman–Crippen MR) is 107 cm³/mol. The Hall–Kier alpha value is -2.64. The molecule has 0 heterocycles. The van der Waals surface area contributed by atoms with Gasteiger partial charge in [0, 0.05) is 23.2 Å². The van der Waals surface area contributed by atoms with Crippen molar-refractivity contribution in [1.82, 2.24) is 4.90 Å². The highest BCUT2D eigenvalue weighted by molar-refractivity contribution is 6.31. The standard InChI is InChI=1S/C19H23ClN4O3/c1-3-23(4-2)18(14-7-5-6-8-15(14)20)12-22-16-10-9-13(19(21)25)11-17(16)24(26)27/h5-11,18,22H,3-4,12H2,1-2H3,(H2,21,25)/t18-/m1/s1. The summed E-state index contributed by atoms with van der Waals surface area (Å²) in [6.45, 7) is 6.13. The van der Waals surface area contributed by atoms with Crippen molar-refractivity contribution in [3.05, 3.63) is 68.7 Å². The molecule has 2 aromatic rings. The molecule has 0 aliphatic rings. The maximum absolute atomic E-state index is 11.4. The van der Waals surface area contributed by atoms with E-state index in [2.05, 4.69) is 24.1 Å². The number of nitrogens with one attached hydrogen (secondary N) is 1. The highest BCUT2D eigenvalue weighted by atomic mass is 35.5. The maximum Gasteiger partial charge on any atom is 0.293 e. The first-order valence-electron chi connectivity index (χ1n) is 8.69. The minimum Gasteiger partial charge on any atom is -0.378 e. The van der Waals surface area contributed by atoms with Gasteiger partial charge in [-0.05, 0) is 36.9 Å². The van der Waals surface area contributed by atoms with Gasteiger partial charge in [-0.1, -0.05) is 43.6 Å². The minimum atomic E-state index is -0.707. The summed E-state index contributed by atoms with van der Waals surface area (Å²) >= 11 is 6.38. The van der Waals surface area contributed by atoms with E-state index in [9.17, 15) is 14.9 Å². The lowest BCUT2D eigenvalue weighted by Gasteiger charge is -2.31. The Labute approximate surface area is 163 Å². The molecular weight excluding hydrogens is 368 g/mol. The summed E-state index contributed by atoms with van der Waals surface area (Å²) in [5.74, 6) is -0.707. The highest BCUT2D eigenvalue weighted by Crippen LogP contribution is 2.30. The number of carbonyl (C=O) groups is 1. The lowest BCUT2D eigenvalue weighted by atomic mass is 10.0. The third kappa shape index (κ3) is 4.96. The van der Waals surface area contributed by atoms with Crippen molar-refractivity contribution in [2.45, 2.75) is 19.9 Å². The Kier molecular flexibility index (Phi) is 7.15. The summed E-state index contributed by atoms with van der Waals surface area (Å²) in [6, 6.07) is 11.7. The second-order valence-corrected chi connectivity index (χ2v) is 6.40. The van der Waals surface area contributed by atoms with Crippen LogP contribution in [0.1, 0.15) is 35.8 Å². The van der Waals surface area contributed by atoms with Gasteiger partial charge in [-0.15, -0.1) is 0 Å². The van der Waals surface area contributed by atoms with Crippen molar-refractivity contribution in [2.24, 2.45) is 5.73 Å². The van der Waals surface area contributed by atoms with E-state index in [4.69, 9.17) is 17.3 Å². The molecule has 0 bridgehead atoms. The van der Waals surface area contributed by atoms with Gasteiger partial charge >= 0.3 is 0 Å². The number of amides is 1. The van der Waals surface area contributed by atoms with Crippen molar-refractivity contribution in [2.75, 3.05) is 25.0 Å². The number of rotatable bonds is 9. The molecule has 0 fully saturated rings. The Morgan fingerprint density at radius 1 is 1.26 bits per heavy atom. The smallest absolute Gasteiger partial charge is 0.293 e. The van der Waals surface area contributed by atoms with E-state index in [1.54, 1.807) is 0 Å². The summed E-state index contributed by atoms with van der Waals surface area (Å²) in [6.07, 6.45) is 0. The molecule has 2 rings (SSSR count). The Morgan fingerprint density at radius 2 is 1.93 bits per heavy atom. The molecule has 0 saturated carbocycles. The van der Waals surface area contributed by atoms with E-state index < -0.39 is 10.8 Å². The number of nitrogens with two attached hydrogens (primary N) is 1. The quantitative estimate of drug-likeness (QED) is 0.500. The number of carbonyl (C=O) groups excluding carboxylic acids is 1. The van der Waals surface area contributed by atoms with E-state index in [-0.39, 0.29) is 17.3 Å². The number of hydrogen-bond donors (Lipinski definition) is 2. The van der Waals surface area contributed by atoms with Crippen molar-refractivity contribution in [3.63, 3.8) is 0 Å². The minimum absolute atomic E-state index is 0.0656. The highest BCUT2D eigenvalue weighted by Gasteiger charge is 2.22. The van der Waals surface area contributed by atoms with Gasteiger partial charge in [0.2, 0.25) is 5.91 Å². The first kappa shape index (κ1) is 20.7. The number of nitro groups is 1. The summed E-state index contributed by atoms with van der Waals surface area (Å²) < 4.78 is 0. The lowest BCUT2D eigenvalue weighted by Crippen LogP contribution is -2.33. The van der Waals surface area contributed by atoms with Gasteiger partial charge < -0.3 is 11.1 Å². The van der Waals surface area contributed by atoms with Gasteiger partial charge in [-0.25, -0.2) is 0 Å². The third-order valence-corrected chi connectivity index (χ3v) is 4.83. The van der Waals surface area contributed by atoms with Crippen LogP contribution in [0.25, 0.3) is 0 Å². The van der Waals surface area contributed by atoms with Crippen LogP contribution >= 0.6 is 11.6 Å². The molecule has 144 valence electrons. The number of hydrogen-bond acceptors (Lipinski definition) is 5. The van der Waals surface area contributed by atoms with Gasteiger partial charge in [0.25, 0.3) is 5.69 Å². The fourth-order valence-electron chi connectivity index (χ4n) is 3.04. The van der Waals surface area contributed by atoms with Crippen LogP contribution in [0.15, 0.2) is 42.5 Å². The maximum atomic E-state index is 11.4. The fourth-order valence-corrected chi connectivity index (χ4v) is 3.30. The molecule has 0 saturated heterocycles. The zero-order chi connectivity index (χ0) is 20.0. The molecule has 27 heavy (non-hydrogen) atoms. The van der Waals surface area contributed by atoms with Gasteiger partial charge in [-0.2, -0.15) is 0 Å². The van der Waals surface area contributed by atoms with Crippen LogP contribution in [0.5, 0.6) is 0 Å². The van der Waals surface area contributed by atoms with E-state index in [0.29, 0.717) is 17.3 Å². The number of primary amides is 1. The number of likely N-dealkylation sites (N-methyl/N-ethyl adjacent to an activating group) is 1. The van der Waals surface area contributed by atoms with Crippen LogP contribution in [0.2, 0.25) is 5.02 Å².